The van der Waals surface area contributed by atoms with E-state index >= 15 is 0 Å². The fourth-order valence-corrected chi connectivity index (χ4v) is 3.12. The van der Waals surface area contributed by atoms with Gasteiger partial charge >= 0.3 is 0 Å². The number of fused-ring (bicyclic) bond motifs is 1. The lowest BCUT2D eigenvalue weighted by molar-refractivity contribution is 0.229. The zero-order chi connectivity index (χ0) is 9.69. The van der Waals surface area contributed by atoms with Gasteiger partial charge in [0.05, 0.1) is 5.54 Å². The van der Waals surface area contributed by atoms with E-state index < -0.39 is 0 Å². The highest BCUT2D eigenvalue weighted by molar-refractivity contribution is 5.23. The summed E-state index contributed by atoms with van der Waals surface area (Å²) in [6.07, 6.45) is 3.73. The van der Waals surface area contributed by atoms with Crippen molar-refractivity contribution in [2.45, 2.75) is 38.6 Å². The van der Waals surface area contributed by atoms with Crippen molar-refractivity contribution in [3.63, 3.8) is 0 Å². The number of nitrogens with zero attached hydrogens (tertiary/aromatic N) is 1. The van der Waals surface area contributed by atoms with Crippen LogP contribution in [-0.2, 0) is 0 Å². The molecule has 2 N–H and O–H groups in total. The van der Waals surface area contributed by atoms with Gasteiger partial charge in [-0.3, -0.25) is 0 Å². The van der Waals surface area contributed by atoms with E-state index in [2.05, 4.69) is 25.3 Å². The average molecular weight is 180 g/mol. The summed E-state index contributed by atoms with van der Waals surface area (Å²) in [5.74, 6) is 0. The molecule has 0 bridgehead atoms. The predicted molar refractivity (Wildman–Crippen MR) is 55.3 cm³/mol. The summed E-state index contributed by atoms with van der Waals surface area (Å²) in [6, 6.07) is 0. The summed E-state index contributed by atoms with van der Waals surface area (Å²) in [7, 11) is 0. The van der Waals surface area contributed by atoms with Crippen LogP contribution >= 0.6 is 0 Å². The van der Waals surface area contributed by atoms with E-state index in [1.165, 1.54) is 31.5 Å². The maximum absolute atomic E-state index is 5.91. The second-order valence-electron chi connectivity index (χ2n) is 5.19. The van der Waals surface area contributed by atoms with Crippen LogP contribution in [0.4, 0.5) is 0 Å². The minimum atomic E-state index is 0.264. The van der Waals surface area contributed by atoms with Crippen LogP contribution in [0.1, 0.15) is 33.1 Å². The molecule has 0 amide bonds. The van der Waals surface area contributed by atoms with Gasteiger partial charge in [0.1, 0.15) is 0 Å². The summed E-state index contributed by atoms with van der Waals surface area (Å²) in [4.78, 5) is 2.47. The van der Waals surface area contributed by atoms with Crippen molar-refractivity contribution in [3.8, 4) is 0 Å². The van der Waals surface area contributed by atoms with Crippen LogP contribution in [0.25, 0.3) is 0 Å². The molecule has 2 fully saturated rings. The fourth-order valence-electron chi connectivity index (χ4n) is 3.12. The molecule has 2 rings (SSSR count). The quantitative estimate of drug-likeness (QED) is 0.666. The lowest BCUT2D eigenvalue weighted by atomic mass is 9.81. The Morgan fingerprint density at radius 3 is 2.77 bits per heavy atom. The minimum Gasteiger partial charge on any atom is -0.368 e. The molecule has 0 saturated carbocycles. The van der Waals surface area contributed by atoms with Crippen LogP contribution < -0.4 is 5.73 Å². The molecule has 13 heavy (non-hydrogen) atoms. The summed E-state index contributed by atoms with van der Waals surface area (Å²) in [6.45, 7) is 10.7. The molecule has 1 unspecified atom stereocenters. The molecule has 0 aromatic heterocycles. The van der Waals surface area contributed by atoms with Gasteiger partial charge in [0, 0.05) is 24.2 Å². The molecule has 0 aromatic rings. The molecule has 0 spiro atoms. The maximum atomic E-state index is 5.91. The van der Waals surface area contributed by atoms with Gasteiger partial charge in [0.2, 0.25) is 0 Å². The van der Waals surface area contributed by atoms with Crippen molar-refractivity contribution < 1.29 is 0 Å². The molecular weight excluding hydrogens is 160 g/mol. The van der Waals surface area contributed by atoms with E-state index in [1.807, 2.05) is 0 Å². The first kappa shape index (κ1) is 9.07. The third-order valence-electron chi connectivity index (χ3n) is 3.85. The second-order valence-corrected chi connectivity index (χ2v) is 5.19. The number of nitrogens with two attached hydrogens (primary N) is 1. The van der Waals surface area contributed by atoms with Gasteiger partial charge in [0.15, 0.2) is 0 Å². The van der Waals surface area contributed by atoms with Gasteiger partial charge in [-0.15, -0.1) is 0 Å². The number of allylic oxidation sites excluding steroid dienone is 1. The molecule has 0 aromatic carbocycles. The van der Waals surface area contributed by atoms with Crippen molar-refractivity contribution in [1.82, 2.24) is 4.90 Å². The number of rotatable bonds is 1. The highest BCUT2D eigenvalue weighted by atomic mass is 15.3. The first-order valence-electron chi connectivity index (χ1n) is 5.19. The molecule has 0 aliphatic carbocycles. The van der Waals surface area contributed by atoms with Crippen LogP contribution in [0.2, 0.25) is 0 Å². The second kappa shape index (κ2) is 2.50. The Morgan fingerprint density at radius 1 is 1.54 bits per heavy atom. The zero-order valence-corrected chi connectivity index (χ0v) is 8.77. The molecule has 2 heteroatoms. The molecule has 1 atom stereocenters. The van der Waals surface area contributed by atoms with Gasteiger partial charge in [-0.2, -0.15) is 0 Å². The zero-order valence-electron chi connectivity index (χ0n) is 8.77. The molecule has 74 valence electrons. The maximum Gasteiger partial charge on any atom is 0.0530 e. The first-order chi connectivity index (χ1) is 6.02. The Morgan fingerprint density at radius 2 is 2.23 bits per heavy atom. The Labute approximate surface area is 80.8 Å². The van der Waals surface area contributed by atoms with Crippen LogP contribution in [-0.4, -0.2) is 23.5 Å². The van der Waals surface area contributed by atoms with Crippen molar-refractivity contribution >= 4 is 0 Å². The average Bonchev–Trinajstić information content (AvgIpc) is 2.53. The van der Waals surface area contributed by atoms with E-state index in [-0.39, 0.29) is 11.0 Å². The van der Waals surface area contributed by atoms with E-state index in [0.717, 1.165) is 6.54 Å². The van der Waals surface area contributed by atoms with Crippen molar-refractivity contribution in [2.75, 3.05) is 13.1 Å². The summed E-state index contributed by atoms with van der Waals surface area (Å²) in [5.41, 5.74) is 7.74. The Balaban J connectivity index is 2.34. The molecular formula is C11H20N2. The topological polar surface area (TPSA) is 29.3 Å². The van der Waals surface area contributed by atoms with Gasteiger partial charge in [-0.05, 0) is 19.3 Å². The summed E-state index contributed by atoms with van der Waals surface area (Å²) in [5, 5.41) is 0. The molecule has 2 saturated heterocycles. The molecule has 0 radical (unpaired) electrons. The normalized spacial score (nSPS) is 36.8. The van der Waals surface area contributed by atoms with Crippen LogP contribution in [0, 0.1) is 5.41 Å². The minimum absolute atomic E-state index is 0.264. The van der Waals surface area contributed by atoms with Crippen molar-refractivity contribution in [3.05, 3.63) is 12.3 Å². The Hall–Kier alpha value is -0.500. The molecule has 2 aliphatic rings. The lowest BCUT2D eigenvalue weighted by Crippen LogP contribution is -2.44. The SMILES string of the molecule is C=C1N2CCCC2(CN)CC1(C)C. The first-order valence-corrected chi connectivity index (χ1v) is 5.19. The van der Waals surface area contributed by atoms with Gasteiger partial charge in [-0.1, -0.05) is 20.4 Å². The lowest BCUT2D eigenvalue weighted by Gasteiger charge is -2.32. The summed E-state index contributed by atoms with van der Waals surface area (Å²) < 4.78 is 0. The summed E-state index contributed by atoms with van der Waals surface area (Å²) >= 11 is 0. The predicted octanol–water partition coefficient (Wildman–Crippen LogP) is 1.72. The Bertz CT molecular complexity index is 244. The number of hydrogen-bond acceptors (Lipinski definition) is 2. The molecule has 2 aliphatic heterocycles. The van der Waals surface area contributed by atoms with Gasteiger partial charge in [0.25, 0.3) is 0 Å². The Kier molecular flexibility index (Phi) is 1.75. The van der Waals surface area contributed by atoms with Gasteiger partial charge < -0.3 is 10.6 Å². The van der Waals surface area contributed by atoms with E-state index in [4.69, 9.17) is 5.73 Å². The largest absolute Gasteiger partial charge is 0.368 e. The standard InChI is InChI=1S/C11H20N2/c1-9-10(2,3)7-11(8-12)5-4-6-13(9)11/h1,4-8,12H2,2-3H3. The van der Waals surface area contributed by atoms with Crippen molar-refractivity contribution in [2.24, 2.45) is 11.1 Å². The third kappa shape index (κ3) is 1.05. The monoisotopic (exact) mass is 180 g/mol. The third-order valence-corrected chi connectivity index (χ3v) is 3.85. The highest BCUT2D eigenvalue weighted by Crippen LogP contribution is 2.52. The molecule has 2 nitrogen and oxygen atoms in total. The molecule has 2 heterocycles. The fraction of sp³-hybridized carbons (Fsp3) is 0.818. The highest BCUT2D eigenvalue weighted by Gasteiger charge is 2.52. The van der Waals surface area contributed by atoms with Crippen LogP contribution in [0.15, 0.2) is 12.3 Å². The smallest absolute Gasteiger partial charge is 0.0530 e. The van der Waals surface area contributed by atoms with Gasteiger partial charge in [-0.25, -0.2) is 0 Å². The van der Waals surface area contributed by atoms with E-state index in [1.54, 1.807) is 0 Å². The number of hydrogen-bond donors (Lipinski definition) is 1. The van der Waals surface area contributed by atoms with Crippen LogP contribution in [0.5, 0.6) is 0 Å². The van der Waals surface area contributed by atoms with E-state index in [0.29, 0.717) is 0 Å². The van der Waals surface area contributed by atoms with Crippen LogP contribution in [0.3, 0.4) is 0 Å². The van der Waals surface area contributed by atoms with Crippen molar-refractivity contribution in [1.29, 1.82) is 0 Å². The van der Waals surface area contributed by atoms with E-state index in [9.17, 15) is 0 Å².